The molecule has 0 spiro atoms. The van der Waals surface area contributed by atoms with Crippen LogP contribution in [0.25, 0.3) is 0 Å². The Hall–Kier alpha value is -0.720. The molecular formula is C16H22ClNO3S2. The van der Waals surface area contributed by atoms with E-state index in [9.17, 15) is 13.2 Å². The van der Waals surface area contributed by atoms with Gasteiger partial charge in [-0.2, -0.15) is 0 Å². The summed E-state index contributed by atoms with van der Waals surface area (Å²) in [5, 5.41) is 0.412. The van der Waals surface area contributed by atoms with Gasteiger partial charge in [0.2, 0.25) is 0 Å². The van der Waals surface area contributed by atoms with Crippen molar-refractivity contribution in [2.24, 2.45) is 0 Å². The third-order valence-electron chi connectivity index (χ3n) is 4.07. The van der Waals surface area contributed by atoms with Crippen LogP contribution in [-0.2, 0) is 9.84 Å². The second-order valence-electron chi connectivity index (χ2n) is 5.75. The maximum atomic E-state index is 13.0. The number of carbonyl (C=O) groups excluding carboxylic acids is 1. The fourth-order valence-electron chi connectivity index (χ4n) is 2.75. The van der Waals surface area contributed by atoms with Gasteiger partial charge < -0.3 is 4.90 Å². The molecule has 7 heteroatoms. The lowest BCUT2D eigenvalue weighted by Crippen LogP contribution is -2.42. The lowest BCUT2D eigenvalue weighted by atomic mass is 10.1. The first-order valence-corrected chi connectivity index (χ1v) is 11.1. The highest BCUT2D eigenvalue weighted by Gasteiger charge is 2.35. The van der Waals surface area contributed by atoms with E-state index >= 15 is 0 Å². The van der Waals surface area contributed by atoms with Gasteiger partial charge in [-0.3, -0.25) is 4.79 Å². The van der Waals surface area contributed by atoms with E-state index < -0.39 is 9.84 Å². The first-order chi connectivity index (χ1) is 10.9. The van der Waals surface area contributed by atoms with Gasteiger partial charge in [0, 0.05) is 17.5 Å². The number of halogens is 1. The van der Waals surface area contributed by atoms with E-state index in [2.05, 4.69) is 6.92 Å². The highest BCUT2D eigenvalue weighted by Crippen LogP contribution is 2.27. The molecule has 1 atom stereocenters. The van der Waals surface area contributed by atoms with Gasteiger partial charge in [0.25, 0.3) is 5.91 Å². The van der Waals surface area contributed by atoms with Gasteiger partial charge in [-0.1, -0.05) is 24.9 Å². The Kier molecular flexibility index (Phi) is 6.40. The molecule has 4 nitrogen and oxygen atoms in total. The summed E-state index contributed by atoms with van der Waals surface area (Å²) in [7, 11) is -3.04. The molecule has 1 aromatic rings. The molecule has 2 rings (SSSR count). The molecule has 1 fully saturated rings. The molecule has 0 saturated carbocycles. The Bertz CT molecular complexity index is 676. The molecule has 1 aliphatic rings. The molecule has 0 aromatic heterocycles. The van der Waals surface area contributed by atoms with Crippen LogP contribution in [0.3, 0.4) is 0 Å². The quantitative estimate of drug-likeness (QED) is 0.714. The third-order valence-corrected chi connectivity index (χ3v) is 6.87. The number of sulfone groups is 1. The Labute approximate surface area is 147 Å². The topological polar surface area (TPSA) is 54.5 Å². The molecule has 0 aliphatic carbocycles. The molecular weight excluding hydrogens is 354 g/mol. The number of hydrogen-bond acceptors (Lipinski definition) is 4. The second-order valence-corrected chi connectivity index (χ2v) is 9.27. The van der Waals surface area contributed by atoms with Crippen molar-refractivity contribution >= 4 is 39.1 Å². The first kappa shape index (κ1) is 18.6. The van der Waals surface area contributed by atoms with Gasteiger partial charge in [-0.25, -0.2) is 8.42 Å². The third kappa shape index (κ3) is 4.64. The van der Waals surface area contributed by atoms with Crippen LogP contribution in [0, 0.1) is 0 Å². The van der Waals surface area contributed by atoms with Crippen LogP contribution in [0.1, 0.15) is 36.5 Å². The zero-order valence-electron chi connectivity index (χ0n) is 13.4. The van der Waals surface area contributed by atoms with E-state index in [1.807, 2.05) is 12.3 Å². The summed E-state index contributed by atoms with van der Waals surface area (Å²) in [5.74, 6) is 0.0514. The maximum Gasteiger partial charge on any atom is 0.255 e. The van der Waals surface area contributed by atoms with Crippen LogP contribution in [0.15, 0.2) is 23.1 Å². The van der Waals surface area contributed by atoms with Crippen LogP contribution in [-0.4, -0.2) is 49.6 Å². The molecule has 23 heavy (non-hydrogen) atoms. The standard InChI is InChI=1S/C16H22ClNO3S2/c1-3-4-8-18(12-7-9-23(20,21)11-12)16(19)14-10-13(22-2)5-6-15(14)17/h5-6,10,12H,3-4,7-9,11H2,1-2H3. The summed E-state index contributed by atoms with van der Waals surface area (Å²) in [4.78, 5) is 15.6. The number of rotatable bonds is 6. The summed E-state index contributed by atoms with van der Waals surface area (Å²) in [6, 6.07) is 5.15. The molecule has 0 N–H and O–H groups in total. The fourth-order valence-corrected chi connectivity index (χ4v) is 5.12. The van der Waals surface area contributed by atoms with E-state index in [0.29, 0.717) is 23.6 Å². The van der Waals surface area contributed by atoms with E-state index in [0.717, 1.165) is 17.7 Å². The molecule has 1 aromatic carbocycles. The van der Waals surface area contributed by atoms with Crippen molar-refractivity contribution in [3.63, 3.8) is 0 Å². The number of carbonyl (C=O) groups is 1. The molecule has 1 unspecified atom stereocenters. The highest BCUT2D eigenvalue weighted by atomic mass is 35.5. The highest BCUT2D eigenvalue weighted by molar-refractivity contribution is 7.98. The van der Waals surface area contributed by atoms with Crippen LogP contribution in [0.4, 0.5) is 0 Å². The Balaban J connectivity index is 2.30. The van der Waals surface area contributed by atoms with Crippen LogP contribution in [0.5, 0.6) is 0 Å². The lowest BCUT2D eigenvalue weighted by molar-refractivity contribution is 0.0694. The summed E-state index contributed by atoms with van der Waals surface area (Å²) >= 11 is 7.76. The van der Waals surface area contributed by atoms with Crippen molar-refractivity contribution in [1.29, 1.82) is 0 Å². The van der Waals surface area contributed by atoms with E-state index in [1.54, 1.807) is 28.8 Å². The Morgan fingerprint density at radius 3 is 2.74 bits per heavy atom. The largest absolute Gasteiger partial charge is 0.335 e. The number of hydrogen-bond donors (Lipinski definition) is 0. The summed E-state index contributed by atoms with van der Waals surface area (Å²) < 4.78 is 23.6. The Morgan fingerprint density at radius 1 is 1.43 bits per heavy atom. The molecule has 128 valence electrons. The summed E-state index contributed by atoms with van der Waals surface area (Å²) in [6.07, 6.45) is 4.25. The Morgan fingerprint density at radius 2 is 2.17 bits per heavy atom. The smallest absolute Gasteiger partial charge is 0.255 e. The average Bonchev–Trinajstić information content (AvgIpc) is 2.88. The van der Waals surface area contributed by atoms with Crippen molar-refractivity contribution < 1.29 is 13.2 Å². The second kappa shape index (κ2) is 7.90. The normalized spacial score (nSPS) is 19.7. The van der Waals surface area contributed by atoms with Crippen LogP contribution in [0.2, 0.25) is 5.02 Å². The van der Waals surface area contributed by atoms with E-state index in [-0.39, 0.29) is 23.5 Å². The van der Waals surface area contributed by atoms with Crippen molar-refractivity contribution in [2.45, 2.75) is 37.1 Å². The maximum absolute atomic E-state index is 13.0. The zero-order valence-corrected chi connectivity index (χ0v) is 15.8. The fraction of sp³-hybridized carbons (Fsp3) is 0.562. The van der Waals surface area contributed by atoms with Gasteiger partial charge in [0.05, 0.1) is 22.1 Å². The molecule has 1 heterocycles. The predicted molar refractivity (Wildman–Crippen MR) is 96.2 cm³/mol. The molecule has 1 amide bonds. The summed E-state index contributed by atoms with van der Waals surface area (Å²) in [5.41, 5.74) is 0.457. The van der Waals surface area contributed by atoms with Crippen molar-refractivity contribution in [1.82, 2.24) is 4.90 Å². The zero-order chi connectivity index (χ0) is 17.0. The van der Waals surface area contributed by atoms with Gasteiger partial charge >= 0.3 is 0 Å². The van der Waals surface area contributed by atoms with Gasteiger partial charge in [0.15, 0.2) is 9.84 Å². The predicted octanol–water partition coefficient (Wildman–Crippen LogP) is 3.49. The van der Waals surface area contributed by atoms with E-state index in [4.69, 9.17) is 11.6 Å². The molecule has 0 radical (unpaired) electrons. The van der Waals surface area contributed by atoms with E-state index in [1.165, 1.54) is 0 Å². The number of nitrogens with zero attached hydrogens (tertiary/aromatic N) is 1. The monoisotopic (exact) mass is 375 g/mol. The number of amides is 1. The summed E-state index contributed by atoms with van der Waals surface area (Å²) in [6.45, 7) is 2.62. The number of benzene rings is 1. The lowest BCUT2D eigenvalue weighted by Gasteiger charge is -2.28. The minimum Gasteiger partial charge on any atom is -0.335 e. The SMILES string of the molecule is CCCCN(C(=O)c1cc(SC)ccc1Cl)C1CCS(=O)(=O)C1. The number of unbranched alkanes of at least 4 members (excludes halogenated alkanes) is 1. The minimum atomic E-state index is -3.04. The van der Waals surface area contributed by atoms with Crippen molar-refractivity contribution in [2.75, 3.05) is 24.3 Å². The molecule has 0 bridgehead atoms. The molecule has 1 aliphatic heterocycles. The van der Waals surface area contributed by atoms with Gasteiger partial charge in [-0.15, -0.1) is 11.8 Å². The van der Waals surface area contributed by atoms with Gasteiger partial charge in [-0.05, 0) is 37.3 Å². The van der Waals surface area contributed by atoms with Gasteiger partial charge in [0.1, 0.15) is 0 Å². The minimum absolute atomic E-state index is 0.0578. The number of thioether (sulfide) groups is 1. The van der Waals surface area contributed by atoms with Crippen molar-refractivity contribution in [3.05, 3.63) is 28.8 Å². The van der Waals surface area contributed by atoms with Crippen LogP contribution >= 0.6 is 23.4 Å². The average molecular weight is 376 g/mol. The van der Waals surface area contributed by atoms with Crippen molar-refractivity contribution in [3.8, 4) is 0 Å². The van der Waals surface area contributed by atoms with Crippen LogP contribution < -0.4 is 0 Å². The first-order valence-electron chi connectivity index (χ1n) is 7.73. The molecule has 1 saturated heterocycles.